The van der Waals surface area contributed by atoms with E-state index in [4.69, 9.17) is 9.26 Å². The van der Waals surface area contributed by atoms with Crippen LogP contribution < -0.4 is 4.74 Å². The summed E-state index contributed by atoms with van der Waals surface area (Å²) in [5.41, 5.74) is 0.892. The van der Waals surface area contributed by atoms with Crippen LogP contribution in [0.1, 0.15) is 50.1 Å². The minimum absolute atomic E-state index is 0.256. The molecule has 0 radical (unpaired) electrons. The Morgan fingerprint density at radius 1 is 1.25 bits per heavy atom. The highest BCUT2D eigenvalue weighted by Crippen LogP contribution is 2.20. The first-order valence-corrected chi connectivity index (χ1v) is 6.95. The number of aliphatic hydroxyl groups is 1. The van der Waals surface area contributed by atoms with Crippen LogP contribution in [0.25, 0.3) is 0 Å². The summed E-state index contributed by atoms with van der Waals surface area (Å²) < 4.78 is 10.7. The van der Waals surface area contributed by atoms with Crippen LogP contribution in [0.4, 0.5) is 0 Å². The fourth-order valence-electron chi connectivity index (χ4n) is 1.84. The van der Waals surface area contributed by atoms with Crippen molar-refractivity contribution in [2.24, 2.45) is 0 Å². The molecule has 2 aromatic rings. The summed E-state index contributed by atoms with van der Waals surface area (Å²) in [6.45, 7) is 4.27. The summed E-state index contributed by atoms with van der Waals surface area (Å²) in [4.78, 5) is 4.23. The number of benzene rings is 1. The number of hydrogen-bond acceptors (Lipinski definition) is 5. The first-order chi connectivity index (χ1) is 9.72. The van der Waals surface area contributed by atoms with E-state index in [1.54, 1.807) is 0 Å². The Hall–Kier alpha value is -1.88. The van der Waals surface area contributed by atoms with Crippen LogP contribution >= 0.6 is 0 Å². The molecule has 1 aromatic heterocycles. The van der Waals surface area contributed by atoms with E-state index < -0.39 is 6.10 Å². The predicted molar refractivity (Wildman–Crippen MR) is 74.3 cm³/mol. The average Bonchev–Trinajstić information content (AvgIpc) is 2.93. The molecule has 2 rings (SSSR count). The third-order valence-electron chi connectivity index (χ3n) is 3.00. The standard InChI is InChI=1S/C15H20N2O3/c1-3-5-14-16-15(20-17-14)10-19-12-8-6-11(7-9-12)13(18)4-2/h6-9,13,18H,3-5,10H2,1-2H3/t13-/m0/s1. The lowest BCUT2D eigenvalue weighted by molar-refractivity contribution is 0.173. The summed E-state index contributed by atoms with van der Waals surface area (Å²) in [7, 11) is 0. The Morgan fingerprint density at radius 3 is 2.65 bits per heavy atom. The van der Waals surface area contributed by atoms with E-state index in [1.165, 1.54) is 0 Å². The molecule has 0 aliphatic rings. The highest BCUT2D eigenvalue weighted by Gasteiger charge is 2.07. The van der Waals surface area contributed by atoms with Crippen LogP contribution in [0.5, 0.6) is 5.75 Å². The van der Waals surface area contributed by atoms with Crippen LogP contribution in [0.15, 0.2) is 28.8 Å². The van der Waals surface area contributed by atoms with Crippen molar-refractivity contribution < 1.29 is 14.4 Å². The molecule has 5 heteroatoms. The molecule has 108 valence electrons. The Kier molecular flexibility index (Phi) is 5.12. The van der Waals surface area contributed by atoms with Gasteiger partial charge < -0.3 is 14.4 Å². The van der Waals surface area contributed by atoms with E-state index in [9.17, 15) is 5.11 Å². The lowest BCUT2D eigenvalue weighted by atomic mass is 10.1. The molecule has 1 heterocycles. The molecular formula is C15H20N2O3. The summed E-state index contributed by atoms with van der Waals surface area (Å²) in [6, 6.07) is 7.38. The zero-order valence-electron chi connectivity index (χ0n) is 11.9. The van der Waals surface area contributed by atoms with Crippen molar-refractivity contribution in [1.29, 1.82) is 0 Å². The van der Waals surface area contributed by atoms with Crippen molar-refractivity contribution in [1.82, 2.24) is 10.1 Å². The largest absolute Gasteiger partial charge is 0.484 e. The van der Waals surface area contributed by atoms with Crippen molar-refractivity contribution in [2.75, 3.05) is 0 Å². The number of hydrogen-bond donors (Lipinski definition) is 1. The van der Waals surface area contributed by atoms with Gasteiger partial charge in [-0.1, -0.05) is 31.1 Å². The second kappa shape index (κ2) is 7.05. The van der Waals surface area contributed by atoms with Gasteiger partial charge in [0.1, 0.15) is 5.75 Å². The molecule has 0 aliphatic heterocycles. The van der Waals surface area contributed by atoms with Gasteiger partial charge >= 0.3 is 0 Å². The Morgan fingerprint density at radius 2 is 2.00 bits per heavy atom. The van der Waals surface area contributed by atoms with Crippen molar-refractivity contribution in [2.45, 2.75) is 45.8 Å². The summed E-state index contributed by atoms with van der Waals surface area (Å²) in [6.07, 6.45) is 2.08. The lowest BCUT2D eigenvalue weighted by Crippen LogP contribution is -1.98. The second-order valence-corrected chi connectivity index (χ2v) is 4.64. The van der Waals surface area contributed by atoms with Gasteiger partial charge in [0.25, 0.3) is 5.89 Å². The van der Waals surface area contributed by atoms with E-state index in [1.807, 2.05) is 31.2 Å². The van der Waals surface area contributed by atoms with Gasteiger partial charge in [-0.2, -0.15) is 4.98 Å². The third kappa shape index (κ3) is 3.81. The molecule has 0 saturated heterocycles. The monoisotopic (exact) mass is 276 g/mol. The van der Waals surface area contributed by atoms with Crippen LogP contribution in [-0.4, -0.2) is 15.2 Å². The number of rotatable bonds is 7. The highest BCUT2D eigenvalue weighted by atomic mass is 16.5. The number of aliphatic hydroxyl groups excluding tert-OH is 1. The molecule has 1 N–H and O–H groups in total. The van der Waals surface area contributed by atoms with Crippen LogP contribution in [-0.2, 0) is 13.0 Å². The van der Waals surface area contributed by atoms with E-state index in [-0.39, 0.29) is 6.61 Å². The topological polar surface area (TPSA) is 68.4 Å². The maximum atomic E-state index is 9.71. The predicted octanol–water partition coefficient (Wildman–Crippen LogP) is 3.04. The molecule has 0 bridgehead atoms. The third-order valence-corrected chi connectivity index (χ3v) is 3.00. The highest BCUT2D eigenvalue weighted by molar-refractivity contribution is 5.28. The normalized spacial score (nSPS) is 12.3. The van der Waals surface area contributed by atoms with Gasteiger partial charge in [0.2, 0.25) is 0 Å². The minimum Gasteiger partial charge on any atom is -0.484 e. The SMILES string of the molecule is CCCc1noc(COc2ccc([C@@H](O)CC)cc2)n1. The number of aryl methyl sites for hydroxylation is 1. The quantitative estimate of drug-likeness (QED) is 0.841. The van der Waals surface area contributed by atoms with E-state index >= 15 is 0 Å². The van der Waals surface area contributed by atoms with Gasteiger partial charge in [-0.05, 0) is 30.5 Å². The molecule has 0 saturated carbocycles. The summed E-state index contributed by atoms with van der Waals surface area (Å²) in [5.74, 6) is 1.91. The number of nitrogens with zero attached hydrogens (tertiary/aromatic N) is 2. The first kappa shape index (κ1) is 14.5. The number of aromatic nitrogens is 2. The average molecular weight is 276 g/mol. The summed E-state index contributed by atoms with van der Waals surface area (Å²) in [5, 5.41) is 13.6. The Labute approximate surface area is 118 Å². The molecule has 0 amide bonds. The zero-order chi connectivity index (χ0) is 14.4. The van der Waals surface area contributed by atoms with E-state index in [0.29, 0.717) is 23.9 Å². The Bertz CT molecular complexity index is 522. The maximum Gasteiger partial charge on any atom is 0.264 e. The van der Waals surface area contributed by atoms with Crippen LogP contribution in [0.3, 0.4) is 0 Å². The van der Waals surface area contributed by atoms with Crippen molar-refractivity contribution in [3.8, 4) is 5.75 Å². The first-order valence-electron chi connectivity index (χ1n) is 6.95. The van der Waals surface area contributed by atoms with Gasteiger partial charge in [0, 0.05) is 6.42 Å². The second-order valence-electron chi connectivity index (χ2n) is 4.64. The van der Waals surface area contributed by atoms with Gasteiger partial charge in [0.05, 0.1) is 6.10 Å². The van der Waals surface area contributed by atoms with Crippen molar-refractivity contribution in [3.05, 3.63) is 41.5 Å². The molecule has 1 aromatic carbocycles. The molecule has 5 nitrogen and oxygen atoms in total. The maximum absolute atomic E-state index is 9.71. The molecule has 1 atom stereocenters. The zero-order valence-corrected chi connectivity index (χ0v) is 11.9. The molecular weight excluding hydrogens is 256 g/mol. The van der Waals surface area contributed by atoms with Gasteiger partial charge in [0.15, 0.2) is 12.4 Å². The lowest BCUT2D eigenvalue weighted by Gasteiger charge is -2.09. The molecule has 0 fully saturated rings. The van der Waals surface area contributed by atoms with Crippen molar-refractivity contribution >= 4 is 0 Å². The van der Waals surface area contributed by atoms with Gasteiger partial charge in [-0.3, -0.25) is 0 Å². The molecule has 0 aliphatic carbocycles. The van der Waals surface area contributed by atoms with E-state index in [2.05, 4.69) is 17.1 Å². The van der Waals surface area contributed by atoms with Gasteiger partial charge in [-0.15, -0.1) is 0 Å². The smallest absolute Gasteiger partial charge is 0.264 e. The minimum atomic E-state index is -0.420. The number of ether oxygens (including phenoxy) is 1. The van der Waals surface area contributed by atoms with Crippen LogP contribution in [0, 0.1) is 0 Å². The summed E-state index contributed by atoms with van der Waals surface area (Å²) >= 11 is 0. The van der Waals surface area contributed by atoms with Crippen LogP contribution in [0.2, 0.25) is 0 Å². The fourth-order valence-corrected chi connectivity index (χ4v) is 1.84. The van der Waals surface area contributed by atoms with E-state index in [0.717, 1.165) is 18.4 Å². The molecule has 20 heavy (non-hydrogen) atoms. The Balaban J connectivity index is 1.89. The fraction of sp³-hybridized carbons (Fsp3) is 0.467. The molecule has 0 unspecified atom stereocenters. The van der Waals surface area contributed by atoms with Crippen molar-refractivity contribution in [3.63, 3.8) is 0 Å². The molecule has 0 spiro atoms. The van der Waals surface area contributed by atoms with Gasteiger partial charge in [-0.25, -0.2) is 0 Å².